The Kier molecular flexibility index (Phi) is 2.83. The van der Waals surface area contributed by atoms with Gasteiger partial charge in [0, 0.05) is 24.7 Å². The number of anilines is 1. The third kappa shape index (κ3) is 2.02. The Morgan fingerprint density at radius 3 is 2.88 bits per heavy atom. The Labute approximate surface area is 94.7 Å². The summed E-state index contributed by atoms with van der Waals surface area (Å²) in [5.41, 5.74) is 7.44. The summed E-state index contributed by atoms with van der Waals surface area (Å²) in [5, 5.41) is 9.17. The van der Waals surface area contributed by atoms with Crippen molar-refractivity contribution in [3.8, 4) is 0 Å². The second kappa shape index (κ2) is 4.14. The van der Waals surface area contributed by atoms with Crippen LogP contribution in [0.25, 0.3) is 0 Å². The lowest BCUT2D eigenvalue weighted by Crippen LogP contribution is -2.21. The number of rotatable bonds is 2. The summed E-state index contributed by atoms with van der Waals surface area (Å²) >= 11 is 0. The van der Waals surface area contributed by atoms with Gasteiger partial charge >= 0.3 is 5.97 Å². The van der Waals surface area contributed by atoms with Crippen molar-refractivity contribution < 1.29 is 9.90 Å². The number of nitrogen functional groups attached to an aromatic ring is 1. The number of hydrogen-bond acceptors (Lipinski definition) is 3. The number of carbonyl (C=O) groups is 1. The molecule has 1 aromatic rings. The molecule has 2 rings (SSSR count). The molecule has 86 valence electrons. The molecule has 3 N–H and O–H groups in total. The number of nitrogens with zero attached hydrogens (tertiary/aromatic N) is 1. The largest absolute Gasteiger partial charge is 0.481 e. The normalized spacial score (nSPS) is 25.8. The first-order valence-corrected chi connectivity index (χ1v) is 5.34. The van der Waals surface area contributed by atoms with Crippen molar-refractivity contribution >= 4 is 11.7 Å². The number of hydrogen-bond donors (Lipinski definition) is 2. The summed E-state index contributed by atoms with van der Waals surface area (Å²) in [6, 6.07) is 7.52. The second-order valence-electron chi connectivity index (χ2n) is 4.44. The van der Waals surface area contributed by atoms with Gasteiger partial charge in [0.25, 0.3) is 0 Å². The van der Waals surface area contributed by atoms with E-state index in [2.05, 4.69) is 0 Å². The molecule has 0 radical (unpaired) electrons. The second-order valence-corrected chi connectivity index (χ2v) is 4.44. The van der Waals surface area contributed by atoms with Gasteiger partial charge in [0.2, 0.25) is 0 Å². The minimum absolute atomic E-state index is 0.0472. The molecule has 2 atom stereocenters. The lowest BCUT2D eigenvalue weighted by molar-refractivity contribution is -0.141. The van der Waals surface area contributed by atoms with E-state index in [1.165, 1.54) is 0 Å². The van der Waals surface area contributed by atoms with Gasteiger partial charge in [-0.3, -0.25) is 4.79 Å². The van der Waals surface area contributed by atoms with Crippen molar-refractivity contribution in [2.24, 2.45) is 5.92 Å². The van der Waals surface area contributed by atoms with Crippen LogP contribution in [0, 0.1) is 5.92 Å². The summed E-state index contributed by atoms with van der Waals surface area (Å²) in [5.74, 6) is -1.01. The summed E-state index contributed by atoms with van der Waals surface area (Å²) < 4.78 is 0. The monoisotopic (exact) mass is 220 g/mol. The third-order valence-electron chi connectivity index (χ3n) is 3.16. The highest BCUT2D eigenvalue weighted by Gasteiger charge is 2.36. The Morgan fingerprint density at radius 1 is 1.50 bits per heavy atom. The fourth-order valence-corrected chi connectivity index (χ4v) is 2.38. The van der Waals surface area contributed by atoms with Crippen LogP contribution in [0.1, 0.15) is 11.5 Å². The van der Waals surface area contributed by atoms with Gasteiger partial charge < -0.3 is 15.7 Å². The van der Waals surface area contributed by atoms with E-state index in [1.807, 2.05) is 36.2 Å². The summed E-state index contributed by atoms with van der Waals surface area (Å²) in [4.78, 5) is 13.2. The molecular formula is C12H16N2O2. The molecule has 1 saturated heterocycles. The third-order valence-corrected chi connectivity index (χ3v) is 3.16. The van der Waals surface area contributed by atoms with E-state index >= 15 is 0 Å². The number of carboxylic acid groups (broad SMARTS) is 1. The number of likely N-dealkylation sites (tertiary alicyclic amines) is 1. The SMILES string of the molecule is CN1C[C@@H](C(=O)O)[C@H](c2cccc(N)c2)C1. The van der Waals surface area contributed by atoms with Crippen LogP contribution >= 0.6 is 0 Å². The van der Waals surface area contributed by atoms with E-state index in [-0.39, 0.29) is 11.8 Å². The average molecular weight is 220 g/mol. The lowest BCUT2D eigenvalue weighted by Gasteiger charge is -2.15. The van der Waals surface area contributed by atoms with E-state index in [0.29, 0.717) is 12.2 Å². The van der Waals surface area contributed by atoms with Crippen molar-refractivity contribution in [3.63, 3.8) is 0 Å². The topological polar surface area (TPSA) is 66.6 Å². The minimum atomic E-state index is -0.725. The molecule has 4 nitrogen and oxygen atoms in total. The van der Waals surface area contributed by atoms with Gasteiger partial charge in [-0.05, 0) is 24.7 Å². The Morgan fingerprint density at radius 2 is 2.25 bits per heavy atom. The summed E-state index contributed by atoms with van der Waals surface area (Å²) in [6.45, 7) is 1.38. The van der Waals surface area contributed by atoms with Crippen LogP contribution in [-0.4, -0.2) is 36.1 Å². The first-order chi connectivity index (χ1) is 7.58. The zero-order valence-electron chi connectivity index (χ0n) is 9.26. The molecule has 0 spiro atoms. The molecule has 4 heteroatoms. The molecular weight excluding hydrogens is 204 g/mol. The fourth-order valence-electron chi connectivity index (χ4n) is 2.38. The fraction of sp³-hybridized carbons (Fsp3) is 0.417. The van der Waals surface area contributed by atoms with Crippen molar-refractivity contribution in [2.45, 2.75) is 5.92 Å². The molecule has 1 heterocycles. The predicted octanol–water partition coefficient (Wildman–Crippen LogP) is 0.999. The Hall–Kier alpha value is -1.55. The van der Waals surface area contributed by atoms with Crippen LogP contribution in [0.5, 0.6) is 0 Å². The quantitative estimate of drug-likeness (QED) is 0.730. The van der Waals surface area contributed by atoms with E-state index in [1.54, 1.807) is 0 Å². The van der Waals surface area contributed by atoms with Gasteiger partial charge in [0.15, 0.2) is 0 Å². The maximum atomic E-state index is 11.2. The molecule has 0 unspecified atom stereocenters. The molecule has 16 heavy (non-hydrogen) atoms. The maximum absolute atomic E-state index is 11.2. The summed E-state index contributed by atoms with van der Waals surface area (Å²) in [6.07, 6.45) is 0. The lowest BCUT2D eigenvalue weighted by atomic mass is 9.89. The zero-order valence-corrected chi connectivity index (χ0v) is 9.26. The van der Waals surface area contributed by atoms with Crippen molar-refractivity contribution in [1.29, 1.82) is 0 Å². The molecule has 0 amide bonds. The highest BCUT2D eigenvalue weighted by molar-refractivity contribution is 5.72. The van der Waals surface area contributed by atoms with Gasteiger partial charge in [-0.1, -0.05) is 12.1 Å². The van der Waals surface area contributed by atoms with Crippen LogP contribution in [-0.2, 0) is 4.79 Å². The smallest absolute Gasteiger partial charge is 0.308 e. The first kappa shape index (κ1) is 11.0. The van der Waals surface area contributed by atoms with Crippen LogP contribution in [0.4, 0.5) is 5.69 Å². The molecule has 0 aromatic heterocycles. The highest BCUT2D eigenvalue weighted by Crippen LogP contribution is 2.32. The number of carboxylic acids is 1. The molecule has 0 bridgehead atoms. The van der Waals surface area contributed by atoms with Crippen molar-refractivity contribution in [3.05, 3.63) is 29.8 Å². The standard InChI is InChI=1S/C12H16N2O2/c1-14-6-10(11(7-14)12(15)16)8-3-2-4-9(13)5-8/h2-5,10-11H,6-7,13H2,1H3,(H,15,16)/t10-,11+/m0/s1. The number of likely N-dealkylation sites (N-methyl/N-ethyl adjacent to an activating group) is 1. The Bertz CT molecular complexity index is 406. The van der Waals surface area contributed by atoms with Crippen molar-refractivity contribution in [1.82, 2.24) is 4.90 Å². The van der Waals surface area contributed by atoms with Gasteiger partial charge in [-0.25, -0.2) is 0 Å². The van der Waals surface area contributed by atoms with Crippen LogP contribution in [0.3, 0.4) is 0 Å². The van der Waals surface area contributed by atoms with Crippen LogP contribution in [0.2, 0.25) is 0 Å². The van der Waals surface area contributed by atoms with Gasteiger partial charge in [-0.15, -0.1) is 0 Å². The molecule has 1 aliphatic rings. The van der Waals surface area contributed by atoms with Crippen molar-refractivity contribution in [2.75, 3.05) is 25.9 Å². The number of nitrogens with two attached hydrogens (primary N) is 1. The molecule has 0 saturated carbocycles. The van der Waals surface area contributed by atoms with Gasteiger partial charge in [0.1, 0.15) is 0 Å². The molecule has 1 aliphatic heterocycles. The predicted molar refractivity (Wildman–Crippen MR) is 62.2 cm³/mol. The zero-order chi connectivity index (χ0) is 11.7. The van der Waals surface area contributed by atoms with Crippen LogP contribution in [0.15, 0.2) is 24.3 Å². The maximum Gasteiger partial charge on any atom is 0.308 e. The Balaban J connectivity index is 2.28. The van der Waals surface area contributed by atoms with Gasteiger partial charge in [0.05, 0.1) is 5.92 Å². The molecule has 1 aromatic carbocycles. The van der Waals surface area contributed by atoms with E-state index in [4.69, 9.17) is 5.73 Å². The van der Waals surface area contributed by atoms with Crippen LogP contribution < -0.4 is 5.73 Å². The number of benzene rings is 1. The first-order valence-electron chi connectivity index (χ1n) is 5.34. The average Bonchev–Trinajstić information content (AvgIpc) is 2.60. The molecule has 1 fully saturated rings. The highest BCUT2D eigenvalue weighted by atomic mass is 16.4. The number of aliphatic carboxylic acids is 1. The van der Waals surface area contributed by atoms with E-state index in [0.717, 1.165) is 12.1 Å². The minimum Gasteiger partial charge on any atom is -0.481 e. The van der Waals surface area contributed by atoms with E-state index in [9.17, 15) is 9.90 Å². The molecule has 0 aliphatic carbocycles. The summed E-state index contributed by atoms with van der Waals surface area (Å²) in [7, 11) is 1.95. The van der Waals surface area contributed by atoms with Gasteiger partial charge in [-0.2, -0.15) is 0 Å². The van der Waals surface area contributed by atoms with E-state index < -0.39 is 5.97 Å².